The Kier molecular flexibility index (Phi) is 6.40. The SMILES string of the molecule is CCc1nn(C(C)CO)c2c1/C=C/c1n[nH]c3cnc(cc13)-c1c(C)nn(C)c1OC(C)CN(C)C2. The average molecular weight is 491 g/mol. The van der Waals surface area contributed by atoms with Crippen molar-refractivity contribution in [2.24, 2.45) is 7.05 Å². The molecule has 2 bridgehead atoms. The van der Waals surface area contributed by atoms with Crippen LogP contribution >= 0.6 is 0 Å². The van der Waals surface area contributed by atoms with E-state index in [-0.39, 0.29) is 18.8 Å². The molecule has 0 amide bonds. The molecule has 0 aromatic carbocycles. The first-order valence-electron chi connectivity index (χ1n) is 12.4. The van der Waals surface area contributed by atoms with Gasteiger partial charge in [-0.05, 0) is 52.5 Å². The Bertz CT molecular complexity index is 1430. The number of ether oxygens (including phenoxy) is 1. The number of aliphatic hydroxyl groups is 1. The van der Waals surface area contributed by atoms with Gasteiger partial charge in [-0.25, -0.2) is 4.68 Å². The molecule has 10 heteroatoms. The molecule has 36 heavy (non-hydrogen) atoms. The molecule has 0 spiro atoms. The molecule has 1 aliphatic rings. The van der Waals surface area contributed by atoms with Gasteiger partial charge in [0.2, 0.25) is 5.88 Å². The highest BCUT2D eigenvalue weighted by atomic mass is 16.5. The van der Waals surface area contributed by atoms with Gasteiger partial charge in [-0.3, -0.25) is 19.7 Å². The lowest BCUT2D eigenvalue weighted by molar-refractivity contribution is 0.145. The van der Waals surface area contributed by atoms with Gasteiger partial charge in [-0.2, -0.15) is 15.3 Å². The molecule has 1 aliphatic heterocycles. The number of aromatic amines is 1. The minimum absolute atomic E-state index is 0.0205. The van der Waals surface area contributed by atoms with Gasteiger partial charge < -0.3 is 9.84 Å². The number of H-pyrrole nitrogens is 1. The number of nitrogens with one attached hydrogen (secondary N) is 1. The van der Waals surface area contributed by atoms with E-state index >= 15 is 0 Å². The number of rotatable bonds is 3. The Morgan fingerprint density at radius 2 is 2.06 bits per heavy atom. The number of nitrogens with zero attached hydrogens (tertiary/aromatic N) is 7. The molecule has 5 rings (SSSR count). The van der Waals surface area contributed by atoms with Crippen LogP contribution < -0.4 is 4.74 Å². The molecule has 2 N–H and O–H groups in total. The largest absolute Gasteiger partial charge is 0.473 e. The van der Waals surface area contributed by atoms with Crippen molar-refractivity contribution in [3.63, 3.8) is 0 Å². The third-order valence-corrected chi connectivity index (χ3v) is 6.76. The zero-order valence-corrected chi connectivity index (χ0v) is 21.8. The fourth-order valence-electron chi connectivity index (χ4n) is 5.00. The Labute approximate surface area is 210 Å². The van der Waals surface area contributed by atoms with E-state index in [4.69, 9.17) is 14.8 Å². The van der Waals surface area contributed by atoms with Crippen molar-refractivity contribution in [3.8, 4) is 17.1 Å². The number of pyridine rings is 1. The molecule has 0 aliphatic carbocycles. The van der Waals surface area contributed by atoms with Gasteiger partial charge in [0.1, 0.15) is 6.10 Å². The van der Waals surface area contributed by atoms with Crippen molar-refractivity contribution in [1.29, 1.82) is 0 Å². The minimum atomic E-state index is -0.128. The normalized spacial score (nSPS) is 18.4. The maximum Gasteiger partial charge on any atom is 0.221 e. The summed E-state index contributed by atoms with van der Waals surface area (Å²) in [6.45, 7) is 9.51. The summed E-state index contributed by atoms with van der Waals surface area (Å²) in [5.74, 6) is 0.698. The number of likely N-dealkylation sites (N-methyl/N-ethyl adjacent to an activating group) is 1. The predicted molar refractivity (Wildman–Crippen MR) is 140 cm³/mol. The Morgan fingerprint density at radius 1 is 1.25 bits per heavy atom. The molecule has 4 aromatic heterocycles. The van der Waals surface area contributed by atoms with Gasteiger partial charge in [0.05, 0.1) is 58.4 Å². The van der Waals surface area contributed by atoms with Crippen molar-refractivity contribution in [3.05, 3.63) is 40.6 Å². The van der Waals surface area contributed by atoms with Gasteiger partial charge in [-0.1, -0.05) is 6.92 Å². The lowest BCUT2D eigenvalue weighted by Crippen LogP contribution is -2.32. The lowest BCUT2D eigenvalue weighted by atomic mass is 10.1. The van der Waals surface area contributed by atoms with E-state index in [1.165, 1.54) is 0 Å². The summed E-state index contributed by atoms with van der Waals surface area (Å²) in [6.07, 6.45) is 6.64. The molecule has 5 heterocycles. The van der Waals surface area contributed by atoms with Crippen molar-refractivity contribution < 1.29 is 9.84 Å². The number of hydrogen-bond donors (Lipinski definition) is 2. The summed E-state index contributed by atoms with van der Waals surface area (Å²) in [5.41, 5.74) is 7.38. The summed E-state index contributed by atoms with van der Waals surface area (Å²) < 4.78 is 10.2. The lowest BCUT2D eigenvalue weighted by Gasteiger charge is -2.24. The van der Waals surface area contributed by atoms with Crippen LogP contribution in [0.25, 0.3) is 34.3 Å². The van der Waals surface area contributed by atoms with Crippen LogP contribution in [0.1, 0.15) is 55.2 Å². The van der Waals surface area contributed by atoms with E-state index in [0.29, 0.717) is 19.0 Å². The van der Waals surface area contributed by atoms with E-state index in [2.05, 4.69) is 47.2 Å². The molecule has 10 nitrogen and oxygen atoms in total. The second kappa shape index (κ2) is 9.51. The van der Waals surface area contributed by atoms with Gasteiger partial charge in [0.25, 0.3) is 0 Å². The second-order valence-corrected chi connectivity index (χ2v) is 9.71. The molecule has 0 saturated heterocycles. The van der Waals surface area contributed by atoms with Gasteiger partial charge in [-0.15, -0.1) is 0 Å². The number of aryl methyl sites for hydroxylation is 3. The van der Waals surface area contributed by atoms with E-state index in [1.807, 2.05) is 43.9 Å². The smallest absolute Gasteiger partial charge is 0.221 e. The molecular formula is C26H34N8O2. The predicted octanol–water partition coefficient (Wildman–Crippen LogP) is 3.36. The molecule has 190 valence electrons. The zero-order valence-electron chi connectivity index (χ0n) is 21.8. The van der Waals surface area contributed by atoms with E-state index in [1.54, 1.807) is 4.68 Å². The third-order valence-electron chi connectivity index (χ3n) is 6.76. The van der Waals surface area contributed by atoms with Crippen molar-refractivity contribution in [2.75, 3.05) is 20.2 Å². The van der Waals surface area contributed by atoms with E-state index in [0.717, 1.165) is 56.9 Å². The molecule has 0 fully saturated rings. The van der Waals surface area contributed by atoms with Crippen molar-refractivity contribution in [2.45, 2.75) is 52.8 Å². The van der Waals surface area contributed by atoms with Crippen LogP contribution in [0.15, 0.2) is 12.3 Å². The number of fused-ring (bicyclic) bond motifs is 4. The number of hydrogen-bond acceptors (Lipinski definition) is 7. The molecule has 2 atom stereocenters. The fourth-order valence-corrected chi connectivity index (χ4v) is 5.00. The first-order chi connectivity index (χ1) is 17.3. The Balaban J connectivity index is 1.72. The highest BCUT2D eigenvalue weighted by Gasteiger charge is 2.24. The Morgan fingerprint density at radius 3 is 2.81 bits per heavy atom. The van der Waals surface area contributed by atoms with Crippen LogP contribution in [0, 0.1) is 6.92 Å². The Hall–Kier alpha value is -3.50. The van der Waals surface area contributed by atoms with Crippen LogP contribution in [0.3, 0.4) is 0 Å². The first kappa shape index (κ1) is 24.2. The standard InChI is InChI=1S/C26H34N8O2/c1-7-20-18-8-9-21-19-10-22(27-11-23(19)29-28-21)25-17(4)30-33(6)26(25)36-16(3)12-32(5)13-24(18)34(31-20)15(2)14-35/h8-11,15-16,35H,7,12-14H2,1-6H3,(H,28,29)/b9-8+. The summed E-state index contributed by atoms with van der Waals surface area (Å²) >= 11 is 0. The summed E-state index contributed by atoms with van der Waals surface area (Å²) in [7, 11) is 3.98. The molecule has 2 unspecified atom stereocenters. The van der Waals surface area contributed by atoms with Crippen LogP contribution in [-0.4, -0.2) is 71.1 Å². The highest BCUT2D eigenvalue weighted by Crippen LogP contribution is 2.34. The second-order valence-electron chi connectivity index (χ2n) is 9.71. The monoisotopic (exact) mass is 490 g/mol. The van der Waals surface area contributed by atoms with Crippen molar-refractivity contribution in [1.82, 2.24) is 39.6 Å². The molecular weight excluding hydrogens is 456 g/mol. The maximum absolute atomic E-state index is 9.92. The quantitative estimate of drug-likeness (QED) is 0.453. The molecule has 0 saturated carbocycles. The fraction of sp³-hybridized carbons (Fsp3) is 0.462. The summed E-state index contributed by atoms with van der Waals surface area (Å²) in [4.78, 5) is 6.93. The first-order valence-corrected chi connectivity index (χ1v) is 12.4. The van der Waals surface area contributed by atoms with E-state index in [9.17, 15) is 5.11 Å². The van der Waals surface area contributed by atoms with Gasteiger partial charge >= 0.3 is 0 Å². The highest BCUT2D eigenvalue weighted by molar-refractivity contribution is 5.92. The number of aromatic nitrogens is 7. The molecule has 4 aromatic rings. The third kappa shape index (κ3) is 4.20. The topological polar surface area (TPSA) is 110 Å². The van der Waals surface area contributed by atoms with Crippen molar-refractivity contribution >= 4 is 23.1 Å². The minimum Gasteiger partial charge on any atom is -0.473 e. The summed E-state index contributed by atoms with van der Waals surface area (Å²) in [5, 5.41) is 28.1. The van der Waals surface area contributed by atoms with Gasteiger partial charge in [0, 0.05) is 31.1 Å². The molecule has 0 radical (unpaired) electrons. The van der Waals surface area contributed by atoms with Crippen LogP contribution in [-0.2, 0) is 20.0 Å². The maximum atomic E-state index is 9.92. The average Bonchev–Trinajstić information content (AvgIpc) is 3.49. The van der Waals surface area contributed by atoms with Crippen LogP contribution in [0.5, 0.6) is 5.88 Å². The van der Waals surface area contributed by atoms with Crippen LogP contribution in [0.2, 0.25) is 0 Å². The van der Waals surface area contributed by atoms with Gasteiger partial charge in [0.15, 0.2) is 0 Å². The van der Waals surface area contributed by atoms with E-state index < -0.39 is 0 Å². The van der Waals surface area contributed by atoms with Crippen LogP contribution in [0.4, 0.5) is 0 Å². The summed E-state index contributed by atoms with van der Waals surface area (Å²) in [6, 6.07) is 1.92. The number of aliphatic hydroxyl groups excluding tert-OH is 1. The zero-order chi connectivity index (χ0) is 25.6.